The highest BCUT2D eigenvalue weighted by Crippen LogP contribution is 2.27. The first-order chi connectivity index (χ1) is 24.6. The fraction of sp³-hybridized carbons (Fsp3) is 0.0455. The molecule has 0 unspecified atom stereocenters. The SMILES string of the molecule is C[n+]1ccc(C2=c3ccc([nH]3)=C(c3cc[n+](C)cc3)c3ccc([nH]3)C(c3ccccc3)=c3ccc([nH]3)=C(c3ccccc3)c3ccc2[nH]3)cc1. The second-order valence-electron chi connectivity index (χ2n) is 12.9. The molecule has 240 valence electrons. The average Bonchev–Trinajstić information content (AvgIpc) is 3.98. The Morgan fingerprint density at radius 1 is 0.300 bits per heavy atom. The van der Waals surface area contributed by atoms with Crippen molar-refractivity contribution in [2.75, 3.05) is 0 Å². The molecule has 0 atom stereocenters. The molecule has 6 aromatic heterocycles. The van der Waals surface area contributed by atoms with Crippen molar-refractivity contribution in [2.45, 2.75) is 0 Å². The summed E-state index contributed by atoms with van der Waals surface area (Å²) in [6, 6.07) is 47.5. The van der Waals surface area contributed by atoms with E-state index in [1.807, 2.05) is 14.1 Å². The lowest BCUT2D eigenvalue weighted by atomic mass is 10.0. The van der Waals surface area contributed by atoms with Gasteiger partial charge in [0.1, 0.15) is 14.1 Å². The van der Waals surface area contributed by atoms with E-state index in [2.05, 4.69) is 187 Å². The molecule has 0 saturated carbocycles. The summed E-state index contributed by atoms with van der Waals surface area (Å²) in [5.41, 5.74) is 13.0. The minimum Gasteiger partial charge on any atom is -0.354 e. The minimum absolute atomic E-state index is 1.03. The van der Waals surface area contributed by atoms with E-state index in [1.165, 1.54) is 0 Å². The van der Waals surface area contributed by atoms with Gasteiger partial charge in [-0.25, -0.2) is 9.13 Å². The van der Waals surface area contributed by atoms with Crippen molar-refractivity contribution in [1.29, 1.82) is 0 Å². The molecule has 9 rings (SSSR count). The van der Waals surface area contributed by atoms with Crippen LogP contribution in [0.4, 0.5) is 0 Å². The highest BCUT2D eigenvalue weighted by Gasteiger charge is 2.18. The van der Waals surface area contributed by atoms with E-state index < -0.39 is 0 Å². The van der Waals surface area contributed by atoms with Crippen LogP contribution in [-0.2, 0) is 14.1 Å². The van der Waals surface area contributed by atoms with Crippen LogP contribution >= 0.6 is 0 Å². The zero-order chi connectivity index (χ0) is 33.6. The van der Waals surface area contributed by atoms with Crippen LogP contribution in [0, 0.1) is 0 Å². The fourth-order valence-corrected chi connectivity index (χ4v) is 7.12. The van der Waals surface area contributed by atoms with Gasteiger partial charge >= 0.3 is 0 Å². The number of hydrogen-bond donors (Lipinski definition) is 4. The molecular formula is C44H36N6+2. The van der Waals surface area contributed by atoms with Gasteiger partial charge in [0, 0.05) is 90.7 Å². The maximum Gasteiger partial charge on any atom is 0.169 e. The van der Waals surface area contributed by atoms with Gasteiger partial charge in [0.2, 0.25) is 0 Å². The zero-order valence-corrected chi connectivity index (χ0v) is 27.9. The number of fused-ring (bicyclic) bond motifs is 8. The monoisotopic (exact) mass is 648 g/mol. The number of rotatable bonds is 4. The summed E-state index contributed by atoms with van der Waals surface area (Å²) in [6.07, 6.45) is 8.39. The number of hydrogen-bond acceptors (Lipinski definition) is 0. The molecule has 0 saturated heterocycles. The van der Waals surface area contributed by atoms with Crippen LogP contribution in [0.2, 0.25) is 0 Å². The second kappa shape index (κ2) is 12.1. The Morgan fingerprint density at radius 3 is 0.880 bits per heavy atom. The molecule has 4 N–H and O–H groups in total. The summed E-state index contributed by atoms with van der Waals surface area (Å²) in [4.78, 5) is 15.4. The van der Waals surface area contributed by atoms with E-state index in [0.717, 1.165) is 88.7 Å². The second-order valence-corrected chi connectivity index (χ2v) is 12.9. The molecule has 8 bridgehead atoms. The van der Waals surface area contributed by atoms with Crippen molar-refractivity contribution >= 4 is 22.3 Å². The molecule has 2 aromatic carbocycles. The van der Waals surface area contributed by atoms with Crippen molar-refractivity contribution in [3.05, 3.63) is 225 Å². The number of H-pyrrole nitrogens is 4. The van der Waals surface area contributed by atoms with Crippen LogP contribution in [0.5, 0.6) is 0 Å². The molecule has 8 aromatic rings. The van der Waals surface area contributed by atoms with E-state index in [0.29, 0.717) is 0 Å². The molecule has 6 heteroatoms. The molecular weight excluding hydrogens is 613 g/mol. The van der Waals surface area contributed by atoms with Crippen LogP contribution < -0.4 is 30.5 Å². The lowest BCUT2D eigenvalue weighted by molar-refractivity contribution is -0.671. The quantitative estimate of drug-likeness (QED) is 0.209. The number of nitrogens with one attached hydrogen (secondary N) is 4. The first-order valence-corrected chi connectivity index (χ1v) is 16.9. The van der Waals surface area contributed by atoms with E-state index in [1.54, 1.807) is 0 Å². The Balaban J connectivity index is 1.43. The molecule has 7 heterocycles. The molecule has 50 heavy (non-hydrogen) atoms. The zero-order valence-electron chi connectivity index (χ0n) is 27.9. The van der Waals surface area contributed by atoms with Gasteiger partial charge in [0.05, 0.1) is 0 Å². The van der Waals surface area contributed by atoms with E-state index in [-0.39, 0.29) is 0 Å². The first-order valence-electron chi connectivity index (χ1n) is 16.9. The third-order valence-electron chi connectivity index (χ3n) is 9.56. The Hall–Kier alpha value is -6.66. The minimum atomic E-state index is 1.03. The number of benzene rings is 2. The number of pyridine rings is 2. The van der Waals surface area contributed by atoms with Gasteiger partial charge in [0.15, 0.2) is 24.8 Å². The number of aromatic nitrogens is 6. The molecule has 1 aliphatic heterocycles. The number of aryl methyl sites for hydroxylation is 2. The molecule has 0 amide bonds. The molecule has 0 spiro atoms. The Bertz CT molecular complexity index is 2550. The maximum absolute atomic E-state index is 3.86. The molecule has 0 fully saturated rings. The van der Waals surface area contributed by atoms with Gasteiger partial charge in [-0.1, -0.05) is 60.7 Å². The number of nitrogens with zero attached hydrogens (tertiary/aromatic N) is 2. The summed E-state index contributed by atoms with van der Waals surface area (Å²) < 4.78 is 4.13. The van der Waals surface area contributed by atoms with Crippen molar-refractivity contribution in [3.8, 4) is 0 Å². The molecule has 0 radical (unpaired) electrons. The van der Waals surface area contributed by atoms with Gasteiger partial charge in [-0.3, -0.25) is 0 Å². The van der Waals surface area contributed by atoms with E-state index in [9.17, 15) is 0 Å². The highest BCUT2D eigenvalue weighted by molar-refractivity contribution is 5.84. The summed E-state index contributed by atoms with van der Waals surface area (Å²) in [6.45, 7) is 0. The fourth-order valence-electron chi connectivity index (χ4n) is 7.12. The predicted molar refractivity (Wildman–Crippen MR) is 196 cm³/mol. The predicted octanol–water partition coefficient (Wildman–Crippen LogP) is 3.95. The maximum atomic E-state index is 3.86. The summed E-state index contributed by atoms with van der Waals surface area (Å²) in [5.74, 6) is 0. The van der Waals surface area contributed by atoms with Crippen molar-refractivity contribution in [3.63, 3.8) is 0 Å². The van der Waals surface area contributed by atoms with Crippen molar-refractivity contribution in [1.82, 2.24) is 19.9 Å². The molecule has 0 aliphatic carbocycles. The van der Waals surface area contributed by atoms with Crippen molar-refractivity contribution in [2.24, 2.45) is 14.1 Å². The van der Waals surface area contributed by atoms with Crippen LogP contribution in [-0.4, -0.2) is 19.9 Å². The van der Waals surface area contributed by atoms with Crippen LogP contribution in [0.3, 0.4) is 0 Å². The third-order valence-corrected chi connectivity index (χ3v) is 9.56. The Kier molecular flexibility index (Phi) is 7.13. The highest BCUT2D eigenvalue weighted by atomic mass is 14.9. The van der Waals surface area contributed by atoms with Gasteiger partial charge in [-0.2, -0.15) is 0 Å². The average molecular weight is 649 g/mol. The van der Waals surface area contributed by atoms with Gasteiger partial charge in [-0.15, -0.1) is 0 Å². The topological polar surface area (TPSA) is 70.9 Å². The van der Waals surface area contributed by atoms with Gasteiger partial charge < -0.3 is 19.9 Å². The largest absolute Gasteiger partial charge is 0.354 e. The lowest BCUT2D eigenvalue weighted by Gasteiger charge is -2.09. The summed E-state index contributed by atoms with van der Waals surface area (Å²) >= 11 is 0. The Morgan fingerprint density at radius 2 is 0.580 bits per heavy atom. The lowest BCUT2D eigenvalue weighted by Crippen LogP contribution is -2.26. The summed E-state index contributed by atoms with van der Waals surface area (Å²) in [7, 11) is 4.09. The van der Waals surface area contributed by atoms with Gasteiger partial charge in [0.25, 0.3) is 0 Å². The van der Waals surface area contributed by atoms with Gasteiger partial charge in [-0.05, 0) is 70.8 Å². The standard InChI is InChI=1S/C44H34N6/c1-49-25-21-31(22-26-49)43-37-17-15-35(46-37)41(29-9-5-3-6-10-29)33-13-14-34(45-33)42(30-11-7-4-8-12-30)36-16-18-38(47-36)44(40-20-19-39(43)48-40)32-23-27-50(2)28-24-32/h3-28,48H,1-2H3,(H,45,46,47)/p+2. The Labute approximate surface area is 289 Å². The smallest absolute Gasteiger partial charge is 0.169 e. The summed E-state index contributed by atoms with van der Waals surface area (Å²) in [5, 5.41) is 4.12. The normalized spacial score (nSPS) is 12.8. The van der Waals surface area contributed by atoms with E-state index >= 15 is 0 Å². The number of aromatic amines is 4. The molecule has 6 nitrogen and oxygen atoms in total. The van der Waals surface area contributed by atoms with Crippen LogP contribution in [0.15, 0.2) is 158 Å². The van der Waals surface area contributed by atoms with E-state index in [4.69, 9.17) is 0 Å². The third kappa shape index (κ3) is 5.24. The van der Waals surface area contributed by atoms with Crippen LogP contribution in [0.1, 0.15) is 45.0 Å². The molecule has 1 aliphatic rings. The first kappa shape index (κ1) is 29.5. The van der Waals surface area contributed by atoms with Crippen molar-refractivity contribution < 1.29 is 9.13 Å². The van der Waals surface area contributed by atoms with Crippen LogP contribution in [0.25, 0.3) is 22.3 Å².